The number of hydrogen-bond acceptors (Lipinski definition) is 3. The summed E-state index contributed by atoms with van der Waals surface area (Å²) < 4.78 is 63.4. The number of benzene rings is 2. The maximum absolute atomic E-state index is 13.2. The van der Waals surface area contributed by atoms with Gasteiger partial charge in [0, 0.05) is 0 Å². The summed E-state index contributed by atoms with van der Waals surface area (Å²) in [5.41, 5.74) is 1.11. The Morgan fingerprint density at radius 2 is 1.77 bits per heavy atom. The molecule has 0 radical (unpaired) electrons. The third-order valence-corrected chi connectivity index (χ3v) is 4.47. The van der Waals surface area contributed by atoms with Crippen LogP contribution in [0.2, 0.25) is 0 Å². The first-order chi connectivity index (χ1) is 12.3. The van der Waals surface area contributed by atoms with Crippen LogP contribution in [0.15, 0.2) is 54.6 Å². The molecule has 1 heterocycles. The third kappa shape index (κ3) is 4.35. The summed E-state index contributed by atoms with van der Waals surface area (Å²) >= 11 is 6.41. The number of ether oxygens (including phenoxy) is 2. The van der Waals surface area contributed by atoms with Gasteiger partial charge in [-0.15, -0.1) is 0 Å². The Morgan fingerprint density at radius 3 is 2.38 bits per heavy atom. The number of morpholine rings is 1. The molecule has 0 aromatic heterocycles. The minimum atomic E-state index is -4.52. The maximum Gasteiger partial charge on any atom is 0.406 e. The highest BCUT2D eigenvalue weighted by molar-refractivity contribution is 6.22. The predicted octanol–water partition coefficient (Wildman–Crippen LogP) is 4.53. The lowest BCUT2D eigenvalue weighted by Crippen LogP contribution is -2.59. The van der Waals surface area contributed by atoms with Gasteiger partial charge in [-0.25, -0.2) is 4.39 Å². The molecule has 3 atom stereocenters. The largest absolute Gasteiger partial charge is 0.406 e. The highest BCUT2D eigenvalue weighted by Crippen LogP contribution is 2.41. The second-order valence-electron chi connectivity index (χ2n) is 5.91. The van der Waals surface area contributed by atoms with Crippen molar-refractivity contribution < 1.29 is 27.0 Å². The fraction of sp³-hybridized carbons (Fsp3) is 0.333. The molecule has 2 aromatic rings. The zero-order valence-electron chi connectivity index (χ0n) is 13.5. The Kier molecular flexibility index (Phi) is 5.53. The minimum absolute atomic E-state index is 0.0421. The molecule has 0 amide bonds. The van der Waals surface area contributed by atoms with Gasteiger partial charge in [-0.1, -0.05) is 54.1 Å². The standard InChI is InChI=1S/C18H16ClF4NO2/c19-17(25-10-12-4-2-1-3-5-12)16(13-6-8-14(20)9-7-13)24-15(11-26-17)18(21,22)23/h1-9,15-16,24H,10-11H2/t15?,16-,17-/m0/s1. The molecule has 3 rings (SSSR count). The van der Waals surface area contributed by atoms with Crippen molar-refractivity contribution in [2.45, 2.75) is 30.1 Å². The van der Waals surface area contributed by atoms with E-state index >= 15 is 0 Å². The molecule has 0 saturated carbocycles. The first kappa shape index (κ1) is 19.1. The molecule has 140 valence electrons. The lowest BCUT2D eigenvalue weighted by Gasteiger charge is -2.43. The van der Waals surface area contributed by atoms with Crippen LogP contribution in [-0.2, 0) is 16.1 Å². The van der Waals surface area contributed by atoms with Crippen LogP contribution in [0.1, 0.15) is 17.2 Å². The van der Waals surface area contributed by atoms with Gasteiger partial charge in [0.2, 0.25) is 0 Å². The van der Waals surface area contributed by atoms with Crippen LogP contribution in [0.25, 0.3) is 0 Å². The molecule has 1 aliphatic rings. The van der Waals surface area contributed by atoms with Crippen molar-refractivity contribution in [1.82, 2.24) is 5.32 Å². The van der Waals surface area contributed by atoms with Crippen LogP contribution >= 0.6 is 11.6 Å². The van der Waals surface area contributed by atoms with Gasteiger partial charge in [0.05, 0.1) is 13.2 Å². The Labute approximate surface area is 152 Å². The summed E-state index contributed by atoms with van der Waals surface area (Å²) in [4.78, 5) is 0. The lowest BCUT2D eigenvalue weighted by molar-refractivity contribution is -0.263. The molecule has 8 heteroatoms. The monoisotopic (exact) mass is 389 g/mol. The zero-order chi connectivity index (χ0) is 18.8. The fourth-order valence-electron chi connectivity index (χ4n) is 2.65. The van der Waals surface area contributed by atoms with Crippen LogP contribution in [0.4, 0.5) is 17.6 Å². The van der Waals surface area contributed by atoms with E-state index in [0.717, 1.165) is 17.7 Å². The average molecular weight is 390 g/mol. The quantitative estimate of drug-likeness (QED) is 0.615. The molecular formula is C18H16ClF4NO2. The predicted molar refractivity (Wildman–Crippen MR) is 87.9 cm³/mol. The molecule has 1 unspecified atom stereocenters. The normalized spacial score (nSPS) is 26.7. The Hall–Kier alpha value is -1.67. The van der Waals surface area contributed by atoms with Gasteiger partial charge in [-0.2, -0.15) is 13.2 Å². The number of alkyl halides is 4. The van der Waals surface area contributed by atoms with Gasteiger partial charge < -0.3 is 9.47 Å². The van der Waals surface area contributed by atoms with Crippen molar-refractivity contribution in [3.8, 4) is 0 Å². The van der Waals surface area contributed by atoms with Crippen molar-refractivity contribution >= 4 is 11.6 Å². The second-order valence-corrected chi connectivity index (χ2v) is 6.44. The van der Waals surface area contributed by atoms with Gasteiger partial charge >= 0.3 is 6.18 Å². The summed E-state index contributed by atoms with van der Waals surface area (Å²) in [6, 6.07) is 10.9. The van der Waals surface area contributed by atoms with Crippen LogP contribution in [-0.4, -0.2) is 24.1 Å². The summed E-state index contributed by atoms with van der Waals surface area (Å²) in [6.07, 6.45) is -4.52. The smallest absolute Gasteiger partial charge is 0.334 e. The van der Waals surface area contributed by atoms with Crippen LogP contribution < -0.4 is 5.32 Å². The van der Waals surface area contributed by atoms with Crippen molar-refractivity contribution in [1.29, 1.82) is 0 Å². The van der Waals surface area contributed by atoms with E-state index in [1.165, 1.54) is 12.1 Å². The number of rotatable bonds is 4. The SMILES string of the molecule is Fc1ccc([C@@H]2NC(C(F)(F)F)CO[C@@]2(Cl)OCc2ccccc2)cc1. The summed E-state index contributed by atoms with van der Waals surface area (Å²) in [5.74, 6) is -0.511. The molecule has 0 bridgehead atoms. The summed E-state index contributed by atoms with van der Waals surface area (Å²) in [5, 5.41) is 0.561. The second kappa shape index (κ2) is 7.52. The van der Waals surface area contributed by atoms with Crippen LogP contribution in [0, 0.1) is 5.82 Å². The molecule has 1 N–H and O–H groups in total. The number of hydrogen-bond donors (Lipinski definition) is 1. The third-order valence-electron chi connectivity index (χ3n) is 4.04. The fourth-order valence-corrected chi connectivity index (χ4v) is 2.96. The maximum atomic E-state index is 13.2. The Morgan fingerprint density at radius 1 is 1.12 bits per heavy atom. The van der Waals surface area contributed by atoms with E-state index in [9.17, 15) is 17.6 Å². The molecule has 0 aliphatic carbocycles. The topological polar surface area (TPSA) is 30.5 Å². The van der Waals surface area contributed by atoms with Crippen LogP contribution in [0.3, 0.4) is 0 Å². The molecule has 3 nitrogen and oxygen atoms in total. The van der Waals surface area contributed by atoms with Crippen LogP contribution in [0.5, 0.6) is 0 Å². The van der Waals surface area contributed by atoms with E-state index in [1.54, 1.807) is 24.3 Å². The highest BCUT2D eigenvalue weighted by Gasteiger charge is 2.52. The molecule has 1 saturated heterocycles. The molecule has 26 heavy (non-hydrogen) atoms. The van der Waals surface area contributed by atoms with Crippen molar-refractivity contribution in [3.05, 3.63) is 71.5 Å². The summed E-state index contributed by atoms with van der Waals surface area (Å²) in [6.45, 7) is -0.653. The molecular weight excluding hydrogens is 374 g/mol. The Bertz CT molecular complexity index is 726. The van der Waals surface area contributed by atoms with E-state index in [1.807, 2.05) is 6.07 Å². The van der Waals surface area contributed by atoms with Crippen molar-refractivity contribution in [2.75, 3.05) is 6.61 Å². The van der Waals surface area contributed by atoms with Gasteiger partial charge in [0.15, 0.2) is 0 Å². The first-order valence-corrected chi connectivity index (χ1v) is 8.25. The lowest BCUT2D eigenvalue weighted by atomic mass is 10.0. The van der Waals surface area contributed by atoms with E-state index in [4.69, 9.17) is 21.1 Å². The summed E-state index contributed by atoms with van der Waals surface area (Å²) in [7, 11) is 0. The average Bonchev–Trinajstić information content (AvgIpc) is 2.61. The number of halogens is 5. The number of nitrogens with one attached hydrogen (secondary N) is 1. The van der Waals surface area contributed by atoms with Gasteiger partial charge in [0.1, 0.15) is 17.9 Å². The van der Waals surface area contributed by atoms with E-state index < -0.39 is 35.9 Å². The van der Waals surface area contributed by atoms with Crippen molar-refractivity contribution in [2.24, 2.45) is 0 Å². The molecule has 2 aromatic carbocycles. The minimum Gasteiger partial charge on any atom is -0.334 e. The van der Waals surface area contributed by atoms with Gasteiger partial charge in [-0.05, 0) is 23.3 Å². The van der Waals surface area contributed by atoms with Crippen molar-refractivity contribution in [3.63, 3.8) is 0 Å². The molecule has 0 spiro atoms. The Balaban J connectivity index is 1.84. The molecule has 1 fully saturated rings. The van der Waals surface area contributed by atoms with Gasteiger partial charge in [0.25, 0.3) is 5.25 Å². The highest BCUT2D eigenvalue weighted by atomic mass is 35.5. The van der Waals surface area contributed by atoms with E-state index in [2.05, 4.69) is 5.32 Å². The first-order valence-electron chi connectivity index (χ1n) is 7.87. The van der Waals surface area contributed by atoms with Gasteiger partial charge in [-0.3, -0.25) is 5.32 Å². The zero-order valence-corrected chi connectivity index (χ0v) is 14.2. The van der Waals surface area contributed by atoms with E-state index in [0.29, 0.717) is 5.56 Å². The molecule has 1 aliphatic heterocycles. The van der Waals surface area contributed by atoms with E-state index in [-0.39, 0.29) is 6.61 Å².